The van der Waals surface area contributed by atoms with Crippen LogP contribution < -0.4 is 0 Å². The second-order valence-electron chi connectivity index (χ2n) is 4.38. The van der Waals surface area contributed by atoms with E-state index in [-0.39, 0.29) is 11.5 Å². The van der Waals surface area contributed by atoms with Crippen molar-refractivity contribution in [2.24, 2.45) is 5.92 Å². The van der Waals surface area contributed by atoms with Crippen molar-refractivity contribution in [1.82, 2.24) is 0 Å². The second-order valence-corrected chi connectivity index (χ2v) is 8.42. The molecule has 18 heavy (non-hydrogen) atoms. The normalized spacial score (nSPS) is 13.5. The summed E-state index contributed by atoms with van der Waals surface area (Å²) in [4.78, 5) is 0. The van der Waals surface area contributed by atoms with Crippen molar-refractivity contribution < 1.29 is 8.42 Å². The maximum atomic E-state index is 11.5. The summed E-state index contributed by atoms with van der Waals surface area (Å²) < 4.78 is 24.1. The van der Waals surface area contributed by atoms with Gasteiger partial charge in [-0.05, 0) is 36.5 Å². The number of hydrogen-bond acceptors (Lipinski definition) is 2. The fraction of sp³-hybridized carbons (Fsp3) is 0.538. The van der Waals surface area contributed by atoms with Gasteiger partial charge in [-0.2, -0.15) is 0 Å². The van der Waals surface area contributed by atoms with Gasteiger partial charge >= 0.3 is 0 Å². The molecule has 1 unspecified atom stereocenters. The maximum absolute atomic E-state index is 11.5. The van der Waals surface area contributed by atoms with E-state index in [0.717, 1.165) is 16.2 Å². The lowest BCUT2D eigenvalue weighted by atomic mass is 9.99. The van der Waals surface area contributed by atoms with E-state index in [4.69, 9.17) is 0 Å². The summed E-state index contributed by atoms with van der Waals surface area (Å²) in [5.74, 6) is 0.882. The smallest absolute Gasteiger partial charge is 0.150 e. The Balaban J connectivity index is 2.57. The van der Waals surface area contributed by atoms with Crippen LogP contribution in [0.4, 0.5) is 0 Å². The van der Waals surface area contributed by atoms with Crippen LogP contribution in [0.25, 0.3) is 0 Å². The third kappa shape index (κ3) is 5.85. The molecule has 1 atom stereocenters. The molecule has 0 heterocycles. The van der Waals surface area contributed by atoms with Crippen LogP contribution in [-0.4, -0.2) is 25.3 Å². The Morgan fingerprint density at radius 2 is 2.06 bits per heavy atom. The largest absolute Gasteiger partial charge is 0.229 e. The van der Waals surface area contributed by atoms with Crippen LogP contribution in [0.1, 0.15) is 18.9 Å². The fourth-order valence-corrected chi connectivity index (χ4v) is 3.70. The molecule has 0 aliphatic carbocycles. The van der Waals surface area contributed by atoms with E-state index in [0.29, 0.717) is 12.3 Å². The lowest BCUT2D eigenvalue weighted by Crippen LogP contribution is -2.15. The van der Waals surface area contributed by atoms with Crippen molar-refractivity contribution in [1.29, 1.82) is 0 Å². The number of hydrogen-bond donors (Lipinski definition) is 0. The molecule has 0 fully saturated rings. The zero-order chi connectivity index (χ0) is 13.6. The van der Waals surface area contributed by atoms with Gasteiger partial charge in [0, 0.05) is 15.6 Å². The summed E-state index contributed by atoms with van der Waals surface area (Å²) in [7, 11) is -2.86. The zero-order valence-corrected chi connectivity index (χ0v) is 14.4. The Labute approximate surface area is 126 Å². The molecule has 0 spiro atoms. The van der Waals surface area contributed by atoms with Gasteiger partial charge in [0.2, 0.25) is 0 Å². The molecular weight excluding hydrogens is 380 g/mol. The molecule has 5 heteroatoms. The quantitative estimate of drug-likeness (QED) is 0.655. The van der Waals surface area contributed by atoms with Crippen molar-refractivity contribution >= 4 is 41.7 Å². The van der Waals surface area contributed by atoms with Gasteiger partial charge in [-0.1, -0.05) is 50.9 Å². The molecule has 1 aromatic carbocycles. The topological polar surface area (TPSA) is 34.1 Å². The summed E-state index contributed by atoms with van der Waals surface area (Å²) in [5.41, 5.74) is 1.24. The van der Waals surface area contributed by atoms with Crippen molar-refractivity contribution in [2.75, 3.05) is 16.8 Å². The Hall–Kier alpha value is 0.130. The number of halogens is 2. The van der Waals surface area contributed by atoms with E-state index >= 15 is 0 Å². The van der Waals surface area contributed by atoms with Crippen molar-refractivity contribution in [3.8, 4) is 0 Å². The molecule has 102 valence electrons. The van der Waals surface area contributed by atoms with E-state index in [1.807, 2.05) is 12.1 Å². The number of sulfone groups is 1. The Morgan fingerprint density at radius 1 is 1.33 bits per heavy atom. The molecule has 0 bridgehead atoms. The highest BCUT2D eigenvalue weighted by molar-refractivity contribution is 9.10. The highest BCUT2D eigenvalue weighted by Crippen LogP contribution is 2.19. The van der Waals surface area contributed by atoms with Crippen molar-refractivity contribution in [3.63, 3.8) is 0 Å². The summed E-state index contributed by atoms with van der Waals surface area (Å²) >= 11 is 6.92. The Kier molecular flexibility index (Phi) is 6.88. The fourth-order valence-electron chi connectivity index (χ4n) is 1.72. The Morgan fingerprint density at radius 3 is 2.61 bits per heavy atom. The number of benzene rings is 1. The van der Waals surface area contributed by atoms with E-state index < -0.39 is 9.84 Å². The average Bonchev–Trinajstić information content (AvgIpc) is 2.34. The highest BCUT2D eigenvalue weighted by atomic mass is 79.9. The van der Waals surface area contributed by atoms with E-state index in [2.05, 4.69) is 44.0 Å². The SMILES string of the molecule is CCS(=O)(=O)CCC(CBr)Cc1cccc(Br)c1. The third-order valence-corrected chi connectivity index (χ3v) is 6.05. The molecule has 0 aliphatic heterocycles. The molecule has 0 amide bonds. The molecule has 1 rings (SSSR count). The van der Waals surface area contributed by atoms with Crippen molar-refractivity contribution in [3.05, 3.63) is 34.3 Å². The molecular formula is C13H18Br2O2S. The van der Waals surface area contributed by atoms with Crippen LogP contribution in [0, 0.1) is 5.92 Å². The van der Waals surface area contributed by atoms with Crippen molar-refractivity contribution in [2.45, 2.75) is 19.8 Å². The minimum atomic E-state index is -2.86. The second kappa shape index (κ2) is 7.65. The minimum absolute atomic E-state index is 0.235. The van der Waals surface area contributed by atoms with Gasteiger partial charge in [-0.3, -0.25) is 0 Å². The third-order valence-electron chi connectivity index (χ3n) is 2.91. The van der Waals surface area contributed by atoms with E-state index in [9.17, 15) is 8.42 Å². The van der Waals surface area contributed by atoms with Gasteiger partial charge in [-0.25, -0.2) is 8.42 Å². The van der Waals surface area contributed by atoms with Gasteiger partial charge in [0.05, 0.1) is 5.75 Å². The molecule has 2 nitrogen and oxygen atoms in total. The minimum Gasteiger partial charge on any atom is -0.229 e. The van der Waals surface area contributed by atoms with Gasteiger partial charge < -0.3 is 0 Å². The van der Waals surface area contributed by atoms with Crippen LogP contribution in [0.15, 0.2) is 28.7 Å². The summed E-state index contributed by atoms with van der Waals surface area (Å²) in [6.07, 6.45) is 1.62. The summed E-state index contributed by atoms with van der Waals surface area (Å²) in [5, 5.41) is 0.832. The van der Waals surface area contributed by atoms with Gasteiger partial charge in [-0.15, -0.1) is 0 Å². The molecule has 0 N–H and O–H groups in total. The first-order valence-corrected chi connectivity index (χ1v) is 9.71. The maximum Gasteiger partial charge on any atom is 0.150 e. The molecule has 0 aliphatic rings. The van der Waals surface area contributed by atoms with Crippen LogP contribution >= 0.6 is 31.9 Å². The van der Waals surface area contributed by atoms with E-state index in [1.54, 1.807) is 6.92 Å². The highest BCUT2D eigenvalue weighted by Gasteiger charge is 2.14. The first-order chi connectivity index (χ1) is 8.46. The summed E-state index contributed by atoms with van der Waals surface area (Å²) in [6, 6.07) is 8.17. The molecule has 0 saturated carbocycles. The lowest BCUT2D eigenvalue weighted by Gasteiger charge is -2.14. The predicted molar refractivity (Wildman–Crippen MR) is 84.1 cm³/mol. The summed E-state index contributed by atoms with van der Waals surface area (Å²) in [6.45, 7) is 1.70. The van der Waals surface area contributed by atoms with Crippen LogP contribution in [0.3, 0.4) is 0 Å². The van der Waals surface area contributed by atoms with Crippen LogP contribution in [-0.2, 0) is 16.3 Å². The molecule has 0 radical (unpaired) electrons. The molecule has 1 aromatic rings. The Bertz CT molecular complexity index is 472. The zero-order valence-electron chi connectivity index (χ0n) is 10.4. The molecule has 0 saturated heterocycles. The first kappa shape index (κ1) is 16.2. The number of alkyl halides is 1. The van der Waals surface area contributed by atoms with Crippen LogP contribution in [0.5, 0.6) is 0 Å². The van der Waals surface area contributed by atoms with Gasteiger partial charge in [0.1, 0.15) is 9.84 Å². The first-order valence-electron chi connectivity index (χ1n) is 5.97. The van der Waals surface area contributed by atoms with Crippen LogP contribution in [0.2, 0.25) is 0 Å². The van der Waals surface area contributed by atoms with Gasteiger partial charge in [0.15, 0.2) is 0 Å². The predicted octanol–water partition coefficient (Wildman–Crippen LogP) is 3.83. The standard InChI is InChI=1S/C13H18Br2O2S/c1-2-18(16,17)7-6-12(10-14)8-11-4-3-5-13(15)9-11/h3-5,9,12H,2,6-8,10H2,1H3. The lowest BCUT2D eigenvalue weighted by molar-refractivity contribution is 0.553. The number of rotatable bonds is 7. The average molecular weight is 398 g/mol. The monoisotopic (exact) mass is 396 g/mol. The van der Waals surface area contributed by atoms with E-state index in [1.165, 1.54) is 5.56 Å². The molecule has 0 aromatic heterocycles. The van der Waals surface area contributed by atoms with Gasteiger partial charge in [0.25, 0.3) is 0 Å².